The maximum absolute atomic E-state index is 6.05. The molecule has 2 heterocycles. The van der Waals surface area contributed by atoms with Gasteiger partial charge < -0.3 is 10.5 Å². The molecule has 0 bridgehead atoms. The minimum atomic E-state index is 0.376. The molecular weight excluding hydrogens is 250 g/mol. The second kappa shape index (κ2) is 7.04. The van der Waals surface area contributed by atoms with Crippen molar-refractivity contribution in [2.24, 2.45) is 11.7 Å². The molecule has 1 aromatic heterocycles. The van der Waals surface area contributed by atoms with Crippen molar-refractivity contribution in [3.8, 4) is 5.88 Å². The third-order valence-electron chi connectivity index (χ3n) is 4.32. The standard InChI is InChI=1S/C16H27N3O/c1-12(2)19-9-5-4-6-13(10-17)16(19)14-7-8-15(20-3)18-11-14/h7-8,11-13,16H,4-6,9-10,17H2,1-3H3. The first-order valence-corrected chi connectivity index (χ1v) is 7.63. The maximum Gasteiger partial charge on any atom is 0.212 e. The molecule has 2 rings (SSSR count). The summed E-state index contributed by atoms with van der Waals surface area (Å²) in [5, 5.41) is 0. The van der Waals surface area contributed by atoms with Gasteiger partial charge in [-0.05, 0) is 51.3 Å². The number of nitrogens with zero attached hydrogens (tertiary/aromatic N) is 2. The fraction of sp³-hybridized carbons (Fsp3) is 0.688. The minimum Gasteiger partial charge on any atom is -0.481 e. The van der Waals surface area contributed by atoms with Crippen molar-refractivity contribution in [2.75, 3.05) is 20.2 Å². The monoisotopic (exact) mass is 277 g/mol. The Morgan fingerprint density at radius 1 is 1.40 bits per heavy atom. The van der Waals surface area contributed by atoms with E-state index in [2.05, 4.69) is 29.8 Å². The Labute approximate surface area is 122 Å². The number of hydrogen-bond donors (Lipinski definition) is 1. The van der Waals surface area contributed by atoms with Crippen LogP contribution in [0.4, 0.5) is 0 Å². The summed E-state index contributed by atoms with van der Waals surface area (Å²) in [6, 6.07) is 4.99. The van der Waals surface area contributed by atoms with Crippen LogP contribution in [0.5, 0.6) is 5.88 Å². The molecule has 4 heteroatoms. The van der Waals surface area contributed by atoms with Crippen molar-refractivity contribution in [3.05, 3.63) is 23.9 Å². The lowest BCUT2D eigenvalue weighted by atomic mass is 9.89. The summed E-state index contributed by atoms with van der Waals surface area (Å²) in [7, 11) is 1.65. The molecule has 0 spiro atoms. The van der Waals surface area contributed by atoms with E-state index in [1.165, 1.54) is 24.8 Å². The summed E-state index contributed by atoms with van der Waals surface area (Å²) >= 11 is 0. The van der Waals surface area contributed by atoms with Crippen LogP contribution < -0.4 is 10.5 Å². The summed E-state index contributed by atoms with van der Waals surface area (Å²) in [5.41, 5.74) is 7.31. The van der Waals surface area contributed by atoms with Crippen LogP contribution >= 0.6 is 0 Å². The van der Waals surface area contributed by atoms with E-state index in [1.807, 2.05) is 12.3 Å². The Bertz CT molecular complexity index is 405. The molecule has 0 radical (unpaired) electrons. The van der Waals surface area contributed by atoms with E-state index < -0.39 is 0 Å². The zero-order chi connectivity index (χ0) is 14.5. The lowest BCUT2D eigenvalue weighted by Crippen LogP contribution is -2.39. The third-order valence-corrected chi connectivity index (χ3v) is 4.32. The van der Waals surface area contributed by atoms with Crippen LogP contribution in [-0.4, -0.2) is 36.1 Å². The molecule has 1 fully saturated rings. The zero-order valence-electron chi connectivity index (χ0n) is 12.9. The summed E-state index contributed by atoms with van der Waals surface area (Å²) in [6.07, 6.45) is 5.68. The van der Waals surface area contributed by atoms with Gasteiger partial charge in [-0.1, -0.05) is 12.5 Å². The molecule has 2 N–H and O–H groups in total. The lowest BCUT2D eigenvalue weighted by molar-refractivity contribution is 0.121. The predicted molar refractivity (Wildman–Crippen MR) is 81.8 cm³/mol. The molecular formula is C16H27N3O. The van der Waals surface area contributed by atoms with Crippen molar-refractivity contribution >= 4 is 0 Å². The second-order valence-electron chi connectivity index (χ2n) is 5.90. The number of aromatic nitrogens is 1. The second-order valence-corrected chi connectivity index (χ2v) is 5.90. The highest BCUT2D eigenvalue weighted by molar-refractivity contribution is 5.22. The van der Waals surface area contributed by atoms with Gasteiger partial charge in [-0.15, -0.1) is 0 Å². The summed E-state index contributed by atoms with van der Waals surface area (Å²) in [5.74, 6) is 1.18. The predicted octanol–water partition coefficient (Wildman–Crippen LogP) is 2.60. The molecule has 1 saturated heterocycles. The van der Waals surface area contributed by atoms with E-state index in [-0.39, 0.29) is 0 Å². The number of ether oxygens (including phenoxy) is 1. The van der Waals surface area contributed by atoms with Gasteiger partial charge in [0.15, 0.2) is 0 Å². The molecule has 1 aliphatic rings. The van der Waals surface area contributed by atoms with Gasteiger partial charge in [0.1, 0.15) is 0 Å². The minimum absolute atomic E-state index is 0.376. The maximum atomic E-state index is 6.05. The number of hydrogen-bond acceptors (Lipinski definition) is 4. The van der Waals surface area contributed by atoms with Gasteiger partial charge in [0.05, 0.1) is 7.11 Å². The van der Waals surface area contributed by atoms with Gasteiger partial charge in [0.25, 0.3) is 0 Å². The first-order valence-electron chi connectivity index (χ1n) is 7.63. The van der Waals surface area contributed by atoms with Crippen LogP contribution in [0.3, 0.4) is 0 Å². The summed E-state index contributed by atoms with van der Waals surface area (Å²) in [6.45, 7) is 6.41. The molecule has 2 unspecified atom stereocenters. The van der Waals surface area contributed by atoms with Gasteiger partial charge in [0.2, 0.25) is 5.88 Å². The number of pyridine rings is 1. The van der Waals surface area contributed by atoms with Crippen molar-refractivity contribution < 1.29 is 4.74 Å². The number of likely N-dealkylation sites (tertiary alicyclic amines) is 1. The van der Waals surface area contributed by atoms with Gasteiger partial charge in [-0.25, -0.2) is 4.98 Å². The quantitative estimate of drug-likeness (QED) is 0.919. The van der Waals surface area contributed by atoms with Crippen LogP contribution in [0.25, 0.3) is 0 Å². The molecule has 112 valence electrons. The fourth-order valence-corrected chi connectivity index (χ4v) is 3.25. The van der Waals surface area contributed by atoms with Crippen LogP contribution in [0.1, 0.15) is 44.7 Å². The number of methoxy groups -OCH3 is 1. The van der Waals surface area contributed by atoms with Gasteiger partial charge >= 0.3 is 0 Å². The highest BCUT2D eigenvalue weighted by Crippen LogP contribution is 2.35. The Morgan fingerprint density at radius 3 is 2.75 bits per heavy atom. The average molecular weight is 277 g/mol. The Balaban J connectivity index is 2.32. The van der Waals surface area contributed by atoms with Crippen molar-refractivity contribution in [1.29, 1.82) is 0 Å². The molecule has 0 aliphatic carbocycles. The molecule has 0 saturated carbocycles. The van der Waals surface area contributed by atoms with Gasteiger partial charge in [0, 0.05) is 24.3 Å². The highest BCUT2D eigenvalue weighted by Gasteiger charge is 2.31. The third kappa shape index (κ3) is 3.30. The van der Waals surface area contributed by atoms with Crippen molar-refractivity contribution in [3.63, 3.8) is 0 Å². The molecule has 1 aliphatic heterocycles. The molecule has 2 atom stereocenters. The largest absolute Gasteiger partial charge is 0.481 e. The smallest absolute Gasteiger partial charge is 0.212 e. The molecule has 0 amide bonds. The van der Waals surface area contributed by atoms with Crippen LogP contribution in [-0.2, 0) is 0 Å². The average Bonchev–Trinajstić information content (AvgIpc) is 2.69. The first-order chi connectivity index (χ1) is 9.67. The van der Waals surface area contributed by atoms with Crippen LogP contribution in [0.15, 0.2) is 18.3 Å². The Kier molecular flexibility index (Phi) is 5.38. The van der Waals surface area contributed by atoms with Gasteiger partial charge in [-0.2, -0.15) is 0 Å². The molecule has 4 nitrogen and oxygen atoms in total. The summed E-state index contributed by atoms with van der Waals surface area (Å²) < 4.78 is 5.16. The van der Waals surface area contributed by atoms with E-state index in [0.29, 0.717) is 23.9 Å². The van der Waals surface area contributed by atoms with E-state index >= 15 is 0 Å². The number of rotatable bonds is 4. The Hall–Kier alpha value is -1.13. The van der Waals surface area contributed by atoms with E-state index in [1.54, 1.807) is 7.11 Å². The normalized spacial score (nSPS) is 24.6. The molecule has 1 aromatic rings. The Morgan fingerprint density at radius 2 is 2.20 bits per heavy atom. The van der Waals surface area contributed by atoms with Crippen molar-refractivity contribution in [2.45, 2.75) is 45.2 Å². The van der Waals surface area contributed by atoms with Crippen LogP contribution in [0.2, 0.25) is 0 Å². The van der Waals surface area contributed by atoms with Gasteiger partial charge in [-0.3, -0.25) is 4.90 Å². The summed E-state index contributed by atoms with van der Waals surface area (Å²) in [4.78, 5) is 6.95. The van der Waals surface area contributed by atoms with E-state index in [0.717, 1.165) is 13.1 Å². The van der Waals surface area contributed by atoms with Crippen LogP contribution in [0, 0.1) is 5.92 Å². The topological polar surface area (TPSA) is 51.4 Å². The molecule has 0 aromatic carbocycles. The highest BCUT2D eigenvalue weighted by atomic mass is 16.5. The molecule has 20 heavy (non-hydrogen) atoms. The van der Waals surface area contributed by atoms with E-state index in [4.69, 9.17) is 10.5 Å². The van der Waals surface area contributed by atoms with Crippen molar-refractivity contribution in [1.82, 2.24) is 9.88 Å². The lowest BCUT2D eigenvalue weighted by Gasteiger charge is -2.37. The first kappa shape index (κ1) is 15.3. The SMILES string of the molecule is COc1ccc(C2C(CN)CCCCN2C(C)C)cn1. The number of nitrogens with two attached hydrogens (primary N) is 1. The fourth-order valence-electron chi connectivity index (χ4n) is 3.25. The zero-order valence-corrected chi connectivity index (χ0v) is 12.9. The van der Waals surface area contributed by atoms with E-state index in [9.17, 15) is 0 Å².